The van der Waals surface area contributed by atoms with Gasteiger partial charge < -0.3 is 10.2 Å². The Morgan fingerprint density at radius 2 is 1.84 bits per heavy atom. The van der Waals surface area contributed by atoms with Crippen molar-refractivity contribution in [2.75, 3.05) is 33.2 Å². The molecule has 168 valence electrons. The molecule has 4 rings (SSSR count). The van der Waals surface area contributed by atoms with Gasteiger partial charge in [0.1, 0.15) is 6.04 Å². The molecule has 0 bridgehead atoms. The predicted octanol–water partition coefficient (Wildman–Crippen LogP) is 0.844. The van der Waals surface area contributed by atoms with Crippen LogP contribution in [0.25, 0.3) is 5.69 Å². The number of carbonyl (C=O) groups is 1. The number of para-hydroxylation sites is 1. The van der Waals surface area contributed by atoms with E-state index in [1.165, 1.54) is 0 Å². The second-order valence-electron chi connectivity index (χ2n) is 7.11. The van der Waals surface area contributed by atoms with Crippen molar-refractivity contribution in [3.05, 3.63) is 54.1 Å². The molecule has 31 heavy (non-hydrogen) atoms. The van der Waals surface area contributed by atoms with Crippen LogP contribution in [0.3, 0.4) is 0 Å². The third kappa shape index (κ3) is 5.59. The second-order valence-corrected chi connectivity index (χ2v) is 7.11. The van der Waals surface area contributed by atoms with Gasteiger partial charge in [-0.2, -0.15) is 9.78 Å². The lowest BCUT2D eigenvalue weighted by atomic mass is 10.1. The van der Waals surface area contributed by atoms with Gasteiger partial charge in [0.2, 0.25) is 5.91 Å². The zero-order valence-corrected chi connectivity index (χ0v) is 19.1. The molecule has 3 aromatic rings. The molecule has 12 heteroatoms. The van der Waals surface area contributed by atoms with Gasteiger partial charge in [0, 0.05) is 45.0 Å². The van der Waals surface area contributed by atoms with Crippen LogP contribution >= 0.6 is 24.8 Å². The number of likely N-dealkylation sites (N-methyl/N-ethyl adjacent to an activating group) is 1. The van der Waals surface area contributed by atoms with Crippen LogP contribution in [0.5, 0.6) is 0 Å². The topological polar surface area (TPSA) is 97.0 Å². The largest absolute Gasteiger partial charge is 0.338 e. The van der Waals surface area contributed by atoms with Gasteiger partial charge in [0.05, 0.1) is 18.4 Å². The van der Waals surface area contributed by atoms with Gasteiger partial charge in [0.15, 0.2) is 5.82 Å². The molecule has 1 fully saturated rings. The van der Waals surface area contributed by atoms with Crippen molar-refractivity contribution in [3.8, 4) is 5.69 Å². The second kappa shape index (κ2) is 11.2. The van der Waals surface area contributed by atoms with Gasteiger partial charge >= 0.3 is 0 Å². The molecule has 1 amide bonds. The van der Waals surface area contributed by atoms with Crippen molar-refractivity contribution in [1.29, 1.82) is 0 Å². The fourth-order valence-corrected chi connectivity index (χ4v) is 3.60. The van der Waals surface area contributed by atoms with Gasteiger partial charge in [-0.15, -0.1) is 29.9 Å². The van der Waals surface area contributed by atoms with E-state index < -0.39 is 0 Å². The zero-order valence-electron chi connectivity index (χ0n) is 17.5. The smallest absolute Gasteiger partial charge is 0.244 e. The molecule has 1 N–H and O–H groups in total. The highest BCUT2D eigenvalue weighted by molar-refractivity contribution is 5.85. The number of hydrogen-bond acceptors (Lipinski definition) is 7. The molecule has 1 atom stereocenters. The van der Waals surface area contributed by atoms with Crippen molar-refractivity contribution in [3.63, 3.8) is 0 Å². The number of tetrazole rings is 1. The Hall–Kier alpha value is -2.53. The number of nitrogens with one attached hydrogen (secondary N) is 1. The van der Waals surface area contributed by atoms with E-state index in [2.05, 4.69) is 30.8 Å². The van der Waals surface area contributed by atoms with Crippen molar-refractivity contribution in [1.82, 2.24) is 45.1 Å². The summed E-state index contributed by atoms with van der Waals surface area (Å²) in [6.45, 7) is 3.53. The molecule has 1 aliphatic rings. The fraction of sp³-hybridized carbons (Fsp3) is 0.421. The maximum absolute atomic E-state index is 13.0. The molecule has 0 saturated carbocycles. The zero-order chi connectivity index (χ0) is 20.2. The molecule has 1 unspecified atom stereocenters. The molecule has 10 nitrogen and oxygen atoms in total. The SMILES string of the molecule is CNC(C(=O)N1CCN(Cc2nnnn2-c2ccccc2)CC1)c1cnn(C)c1.Cl.Cl. The molecule has 0 spiro atoms. The van der Waals surface area contributed by atoms with E-state index >= 15 is 0 Å². The lowest BCUT2D eigenvalue weighted by Gasteiger charge is -2.36. The van der Waals surface area contributed by atoms with E-state index in [-0.39, 0.29) is 36.8 Å². The minimum atomic E-state index is -0.374. The van der Waals surface area contributed by atoms with E-state index in [1.807, 2.05) is 48.5 Å². The molecule has 1 aromatic carbocycles. The summed E-state index contributed by atoms with van der Waals surface area (Å²) in [5, 5.41) is 19.4. The molecule has 0 radical (unpaired) electrons. The van der Waals surface area contributed by atoms with Crippen molar-refractivity contribution in [2.24, 2.45) is 7.05 Å². The minimum absolute atomic E-state index is 0. The van der Waals surface area contributed by atoms with Gasteiger partial charge in [-0.1, -0.05) is 18.2 Å². The summed E-state index contributed by atoms with van der Waals surface area (Å²) in [6, 6.07) is 9.48. The number of hydrogen-bond donors (Lipinski definition) is 1. The molecule has 0 aliphatic carbocycles. The number of carbonyl (C=O) groups excluding carboxylic acids is 1. The van der Waals surface area contributed by atoms with Crippen LogP contribution in [-0.4, -0.2) is 78.9 Å². The van der Waals surface area contributed by atoms with Crippen LogP contribution in [0.15, 0.2) is 42.7 Å². The van der Waals surface area contributed by atoms with E-state index in [9.17, 15) is 4.79 Å². The molecular formula is C19H27Cl2N9O. The number of aryl methyl sites for hydroxylation is 1. The quantitative estimate of drug-likeness (QED) is 0.573. The summed E-state index contributed by atoms with van der Waals surface area (Å²) in [5.41, 5.74) is 1.82. The predicted molar refractivity (Wildman–Crippen MR) is 121 cm³/mol. The Balaban J connectivity index is 0.00000171. The van der Waals surface area contributed by atoms with Crippen LogP contribution in [0.2, 0.25) is 0 Å². The van der Waals surface area contributed by atoms with Crippen LogP contribution in [0.1, 0.15) is 17.4 Å². The van der Waals surface area contributed by atoms with Gasteiger partial charge in [0.25, 0.3) is 0 Å². The first-order chi connectivity index (χ1) is 14.2. The number of amides is 1. The van der Waals surface area contributed by atoms with E-state index in [1.54, 1.807) is 22.6 Å². The first-order valence-electron chi connectivity index (χ1n) is 9.65. The van der Waals surface area contributed by atoms with E-state index in [0.717, 1.165) is 30.2 Å². The Morgan fingerprint density at radius 1 is 1.13 bits per heavy atom. The highest BCUT2D eigenvalue weighted by Crippen LogP contribution is 2.17. The van der Waals surface area contributed by atoms with Crippen molar-refractivity contribution in [2.45, 2.75) is 12.6 Å². The van der Waals surface area contributed by atoms with Gasteiger partial charge in [-0.05, 0) is 29.6 Å². The first-order valence-corrected chi connectivity index (χ1v) is 9.65. The third-order valence-electron chi connectivity index (χ3n) is 5.18. The number of halogens is 2. The van der Waals surface area contributed by atoms with E-state index in [4.69, 9.17) is 0 Å². The standard InChI is InChI=1S/C19H25N9O.2ClH/c1-20-18(15-12-21-25(2)13-15)19(29)27-10-8-26(9-11-27)14-17-22-23-24-28(17)16-6-4-3-5-7-16;;/h3-7,12-13,18,20H,8-11,14H2,1-2H3;2*1H. The van der Waals surface area contributed by atoms with Crippen molar-refractivity contribution < 1.29 is 4.79 Å². The summed E-state index contributed by atoms with van der Waals surface area (Å²) in [6.07, 6.45) is 3.61. The number of rotatable bonds is 6. The van der Waals surface area contributed by atoms with Crippen LogP contribution in [0.4, 0.5) is 0 Å². The Morgan fingerprint density at radius 3 is 2.45 bits per heavy atom. The third-order valence-corrected chi connectivity index (χ3v) is 5.18. The summed E-state index contributed by atoms with van der Waals surface area (Å²) >= 11 is 0. The highest BCUT2D eigenvalue weighted by atomic mass is 35.5. The minimum Gasteiger partial charge on any atom is -0.338 e. The van der Waals surface area contributed by atoms with Gasteiger partial charge in [-0.25, -0.2) is 0 Å². The fourth-order valence-electron chi connectivity index (χ4n) is 3.60. The van der Waals surface area contributed by atoms with Crippen molar-refractivity contribution >= 4 is 30.7 Å². The molecule has 2 aromatic heterocycles. The molecule has 1 saturated heterocycles. The summed E-state index contributed by atoms with van der Waals surface area (Å²) in [4.78, 5) is 17.2. The average Bonchev–Trinajstić information content (AvgIpc) is 3.39. The molecule has 1 aliphatic heterocycles. The molecule has 3 heterocycles. The maximum atomic E-state index is 13.0. The number of aromatic nitrogens is 6. The monoisotopic (exact) mass is 467 g/mol. The lowest BCUT2D eigenvalue weighted by Crippen LogP contribution is -2.51. The number of nitrogens with zero attached hydrogens (tertiary/aromatic N) is 8. The summed E-state index contributed by atoms with van der Waals surface area (Å²) in [5.74, 6) is 0.869. The van der Waals surface area contributed by atoms with Crippen LogP contribution < -0.4 is 5.32 Å². The van der Waals surface area contributed by atoms with E-state index in [0.29, 0.717) is 19.6 Å². The number of piperazine rings is 1. The van der Waals surface area contributed by atoms with Gasteiger partial charge in [-0.3, -0.25) is 14.4 Å². The highest BCUT2D eigenvalue weighted by Gasteiger charge is 2.29. The average molecular weight is 468 g/mol. The number of benzene rings is 1. The normalized spacial score (nSPS) is 15.1. The summed E-state index contributed by atoms with van der Waals surface area (Å²) in [7, 11) is 3.65. The Labute approximate surface area is 193 Å². The molecular weight excluding hydrogens is 441 g/mol. The maximum Gasteiger partial charge on any atom is 0.244 e. The first kappa shape index (κ1) is 24.7. The Kier molecular flexibility index (Phi) is 8.93. The lowest BCUT2D eigenvalue weighted by molar-refractivity contribution is -0.135. The van der Waals surface area contributed by atoms with Crippen LogP contribution in [0, 0.1) is 0 Å². The van der Waals surface area contributed by atoms with Crippen LogP contribution in [-0.2, 0) is 18.4 Å². The Bertz CT molecular complexity index is 954. The summed E-state index contributed by atoms with van der Waals surface area (Å²) < 4.78 is 3.47.